The minimum absolute atomic E-state index is 0.625. The van der Waals surface area contributed by atoms with Crippen molar-refractivity contribution < 1.29 is 4.74 Å². The molecule has 2 aromatic carbocycles. The molecule has 0 aliphatic heterocycles. The Labute approximate surface area is 117 Å². The smallest absolute Gasteiger partial charge is 0.132 e. The predicted molar refractivity (Wildman–Crippen MR) is 78.7 cm³/mol. The first-order valence-electron chi connectivity index (χ1n) is 6.40. The van der Waals surface area contributed by atoms with E-state index >= 15 is 0 Å². The average molecular weight is 265 g/mol. The largest absolute Gasteiger partial charge is 0.457 e. The Hall–Kier alpha value is -2.75. The molecule has 0 fully saturated rings. The van der Waals surface area contributed by atoms with Gasteiger partial charge in [0.1, 0.15) is 11.5 Å². The first-order valence-corrected chi connectivity index (χ1v) is 6.40. The van der Waals surface area contributed by atoms with Crippen LogP contribution in [0, 0.1) is 0 Å². The third-order valence-corrected chi connectivity index (χ3v) is 2.95. The maximum Gasteiger partial charge on any atom is 0.132 e. The summed E-state index contributed by atoms with van der Waals surface area (Å²) in [5.74, 6) is 1.60. The Kier molecular flexibility index (Phi) is 3.37. The lowest BCUT2D eigenvalue weighted by atomic mass is 10.1. The topological polar surface area (TPSA) is 53.1 Å². The lowest BCUT2D eigenvalue weighted by Gasteiger charge is -2.12. The van der Waals surface area contributed by atoms with Crippen LogP contribution in [0.4, 0.5) is 5.69 Å². The zero-order valence-electron chi connectivity index (χ0n) is 10.9. The summed E-state index contributed by atoms with van der Waals surface area (Å²) in [4.78, 5) is 0. The first-order chi connectivity index (χ1) is 9.81. The molecule has 3 aromatic rings. The molecule has 0 amide bonds. The number of para-hydroxylation sites is 1. The van der Waals surface area contributed by atoms with Crippen LogP contribution in [0.5, 0.6) is 11.5 Å². The lowest BCUT2D eigenvalue weighted by molar-refractivity contribution is 0.472. The van der Waals surface area contributed by atoms with E-state index in [9.17, 15) is 0 Å². The minimum atomic E-state index is 0.625. The van der Waals surface area contributed by atoms with Crippen LogP contribution in [0.25, 0.3) is 0 Å². The molecule has 0 aliphatic rings. The van der Waals surface area contributed by atoms with E-state index in [4.69, 9.17) is 10.5 Å². The zero-order chi connectivity index (χ0) is 13.8. The fraction of sp³-hybridized carbons (Fsp3) is 0.0625. The second-order valence-electron chi connectivity index (χ2n) is 4.49. The van der Waals surface area contributed by atoms with Gasteiger partial charge in [0.25, 0.3) is 0 Å². The van der Waals surface area contributed by atoms with Gasteiger partial charge in [0.15, 0.2) is 0 Å². The van der Waals surface area contributed by atoms with Gasteiger partial charge in [0, 0.05) is 23.6 Å². The fourth-order valence-electron chi connectivity index (χ4n) is 2.01. The van der Waals surface area contributed by atoms with Gasteiger partial charge in [-0.2, -0.15) is 5.10 Å². The van der Waals surface area contributed by atoms with Crippen LogP contribution in [0.2, 0.25) is 0 Å². The van der Waals surface area contributed by atoms with Crippen molar-refractivity contribution in [1.82, 2.24) is 9.78 Å². The van der Waals surface area contributed by atoms with Crippen molar-refractivity contribution in [1.29, 1.82) is 0 Å². The standard InChI is InChI=1S/C16H15N3O/c17-14-7-8-16(20-15-5-2-1-3-6-15)13(11-14)12-19-10-4-9-18-19/h1-11H,12,17H2. The van der Waals surface area contributed by atoms with Crippen molar-refractivity contribution >= 4 is 5.69 Å². The maximum absolute atomic E-state index is 5.92. The lowest BCUT2D eigenvalue weighted by Crippen LogP contribution is -2.02. The highest BCUT2D eigenvalue weighted by atomic mass is 16.5. The van der Waals surface area contributed by atoms with Crippen LogP contribution in [0.3, 0.4) is 0 Å². The van der Waals surface area contributed by atoms with Crippen molar-refractivity contribution in [2.24, 2.45) is 0 Å². The van der Waals surface area contributed by atoms with Gasteiger partial charge in [0.05, 0.1) is 6.54 Å². The Balaban J connectivity index is 1.90. The van der Waals surface area contributed by atoms with Gasteiger partial charge in [-0.3, -0.25) is 4.68 Å². The van der Waals surface area contributed by atoms with Gasteiger partial charge in [-0.1, -0.05) is 18.2 Å². The summed E-state index contributed by atoms with van der Waals surface area (Å²) in [7, 11) is 0. The zero-order valence-corrected chi connectivity index (χ0v) is 10.9. The molecular weight excluding hydrogens is 250 g/mol. The molecule has 1 heterocycles. The molecule has 0 bridgehead atoms. The Bertz CT molecular complexity index is 678. The highest BCUT2D eigenvalue weighted by Crippen LogP contribution is 2.27. The molecule has 0 saturated carbocycles. The molecule has 4 nitrogen and oxygen atoms in total. The molecule has 0 saturated heterocycles. The summed E-state index contributed by atoms with van der Waals surface area (Å²) in [6.07, 6.45) is 3.67. The van der Waals surface area contributed by atoms with E-state index in [1.165, 1.54) is 0 Å². The highest BCUT2D eigenvalue weighted by Gasteiger charge is 2.07. The van der Waals surface area contributed by atoms with Crippen molar-refractivity contribution in [2.45, 2.75) is 6.54 Å². The Morgan fingerprint density at radius 2 is 1.90 bits per heavy atom. The number of anilines is 1. The molecule has 0 atom stereocenters. The second-order valence-corrected chi connectivity index (χ2v) is 4.49. The molecule has 2 N–H and O–H groups in total. The van der Waals surface area contributed by atoms with Gasteiger partial charge in [-0.15, -0.1) is 0 Å². The van der Waals surface area contributed by atoms with Crippen LogP contribution < -0.4 is 10.5 Å². The summed E-state index contributed by atoms with van der Waals surface area (Å²) < 4.78 is 7.76. The number of hydrogen-bond donors (Lipinski definition) is 1. The number of hydrogen-bond acceptors (Lipinski definition) is 3. The Morgan fingerprint density at radius 1 is 1.05 bits per heavy atom. The van der Waals surface area contributed by atoms with Crippen LogP contribution in [-0.2, 0) is 6.54 Å². The SMILES string of the molecule is Nc1ccc(Oc2ccccc2)c(Cn2cccn2)c1. The highest BCUT2D eigenvalue weighted by molar-refractivity contribution is 5.49. The van der Waals surface area contributed by atoms with Crippen LogP contribution in [-0.4, -0.2) is 9.78 Å². The monoisotopic (exact) mass is 265 g/mol. The Morgan fingerprint density at radius 3 is 2.65 bits per heavy atom. The molecule has 0 radical (unpaired) electrons. The molecule has 1 aromatic heterocycles. The number of rotatable bonds is 4. The van der Waals surface area contributed by atoms with Gasteiger partial charge in [-0.25, -0.2) is 0 Å². The summed E-state index contributed by atoms with van der Waals surface area (Å²) in [5, 5.41) is 4.21. The fourth-order valence-corrected chi connectivity index (χ4v) is 2.01. The maximum atomic E-state index is 5.92. The van der Waals surface area contributed by atoms with E-state index in [-0.39, 0.29) is 0 Å². The predicted octanol–water partition coefficient (Wildman–Crippen LogP) is 3.31. The van der Waals surface area contributed by atoms with Crippen LogP contribution >= 0.6 is 0 Å². The molecule has 0 aliphatic carbocycles. The van der Waals surface area contributed by atoms with E-state index in [1.54, 1.807) is 6.20 Å². The molecular formula is C16H15N3O. The van der Waals surface area contributed by atoms with Crippen molar-refractivity contribution in [3.05, 3.63) is 72.6 Å². The van der Waals surface area contributed by atoms with E-state index in [0.29, 0.717) is 12.2 Å². The van der Waals surface area contributed by atoms with Gasteiger partial charge in [0.2, 0.25) is 0 Å². The molecule has 4 heteroatoms. The van der Waals surface area contributed by atoms with E-state index < -0.39 is 0 Å². The quantitative estimate of drug-likeness (QED) is 0.736. The molecule has 20 heavy (non-hydrogen) atoms. The minimum Gasteiger partial charge on any atom is -0.457 e. The number of nitrogens with two attached hydrogens (primary N) is 1. The van der Waals surface area contributed by atoms with E-state index in [2.05, 4.69) is 5.10 Å². The second kappa shape index (κ2) is 5.48. The third-order valence-electron chi connectivity index (χ3n) is 2.95. The van der Waals surface area contributed by atoms with Crippen LogP contribution in [0.15, 0.2) is 67.0 Å². The van der Waals surface area contributed by atoms with Crippen molar-refractivity contribution in [3.8, 4) is 11.5 Å². The summed E-state index contributed by atoms with van der Waals surface area (Å²) in [6.45, 7) is 0.625. The average Bonchev–Trinajstić information content (AvgIpc) is 2.96. The molecule has 0 unspecified atom stereocenters. The van der Waals surface area contributed by atoms with Crippen LogP contribution in [0.1, 0.15) is 5.56 Å². The number of ether oxygens (including phenoxy) is 1. The van der Waals surface area contributed by atoms with Crippen molar-refractivity contribution in [3.63, 3.8) is 0 Å². The van der Waals surface area contributed by atoms with E-state index in [0.717, 1.165) is 17.1 Å². The number of nitrogens with zero attached hydrogens (tertiary/aromatic N) is 2. The molecule has 100 valence electrons. The first kappa shape index (κ1) is 12.3. The number of nitrogen functional groups attached to an aromatic ring is 1. The number of benzene rings is 2. The summed E-state index contributed by atoms with van der Waals surface area (Å²) in [5.41, 5.74) is 7.58. The third kappa shape index (κ3) is 2.80. The van der Waals surface area contributed by atoms with Crippen molar-refractivity contribution in [2.75, 3.05) is 5.73 Å². The molecule has 0 spiro atoms. The summed E-state index contributed by atoms with van der Waals surface area (Å²) >= 11 is 0. The van der Waals surface area contributed by atoms with E-state index in [1.807, 2.05) is 65.5 Å². The normalized spacial score (nSPS) is 10.4. The molecule has 3 rings (SSSR count). The number of aromatic nitrogens is 2. The van der Waals surface area contributed by atoms with Gasteiger partial charge < -0.3 is 10.5 Å². The summed E-state index contributed by atoms with van der Waals surface area (Å²) in [6, 6.07) is 17.2. The van der Waals surface area contributed by atoms with Gasteiger partial charge >= 0.3 is 0 Å². The van der Waals surface area contributed by atoms with Gasteiger partial charge in [-0.05, 0) is 36.4 Å².